The molecule has 4 rings (SSSR count). The van der Waals surface area contributed by atoms with E-state index in [-0.39, 0.29) is 23.7 Å². The number of para-hydroxylation sites is 1. The van der Waals surface area contributed by atoms with Gasteiger partial charge in [0.15, 0.2) is 0 Å². The topological polar surface area (TPSA) is 47.6 Å². The van der Waals surface area contributed by atoms with Gasteiger partial charge in [0.2, 0.25) is 5.91 Å². The Labute approximate surface area is 131 Å². The van der Waals surface area contributed by atoms with Crippen molar-refractivity contribution in [1.82, 2.24) is 5.32 Å². The Balaban J connectivity index is 1.58. The molecule has 22 heavy (non-hydrogen) atoms. The average Bonchev–Trinajstić information content (AvgIpc) is 3.19. The van der Waals surface area contributed by atoms with Crippen LogP contribution in [0.25, 0.3) is 0 Å². The van der Waals surface area contributed by atoms with Crippen molar-refractivity contribution in [1.29, 1.82) is 0 Å². The lowest BCUT2D eigenvalue weighted by Crippen LogP contribution is -2.45. The van der Waals surface area contributed by atoms with Crippen LogP contribution in [-0.2, 0) is 9.53 Å². The van der Waals surface area contributed by atoms with Gasteiger partial charge in [0, 0.05) is 18.6 Å². The summed E-state index contributed by atoms with van der Waals surface area (Å²) in [5.41, 5.74) is 1.02. The Morgan fingerprint density at radius 1 is 1.18 bits per heavy atom. The second-order valence-corrected chi connectivity index (χ2v) is 6.80. The first kappa shape index (κ1) is 14.1. The van der Waals surface area contributed by atoms with Crippen LogP contribution < -0.4 is 10.1 Å². The lowest BCUT2D eigenvalue weighted by Gasteiger charge is -2.40. The lowest BCUT2D eigenvalue weighted by molar-refractivity contribution is -0.131. The summed E-state index contributed by atoms with van der Waals surface area (Å²) in [7, 11) is 0. The molecule has 0 bridgehead atoms. The van der Waals surface area contributed by atoms with Crippen molar-refractivity contribution in [3.63, 3.8) is 0 Å². The van der Waals surface area contributed by atoms with Crippen LogP contribution in [0.2, 0.25) is 0 Å². The number of amides is 1. The third-order valence-corrected chi connectivity index (χ3v) is 5.25. The van der Waals surface area contributed by atoms with Crippen LogP contribution in [0.4, 0.5) is 0 Å². The summed E-state index contributed by atoms with van der Waals surface area (Å²) in [6.07, 6.45) is 7.04. The maximum Gasteiger partial charge on any atom is 0.249 e. The van der Waals surface area contributed by atoms with Crippen molar-refractivity contribution in [2.45, 2.75) is 62.7 Å². The van der Waals surface area contributed by atoms with Gasteiger partial charge < -0.3 is 14.8 Å². The molecule has 1 saturated heterocycles. The highest BCUT2D eigenvalue weighted by atomic mass is 16.5. The zero-order valence-electron chi connectivity index (χ0n) is 12.8. The first-order valence-corrected chi connectivity index (χ1v) is 8.46. The van der Waals surface area contributed by atoms with Crippen molar-refractivity contribution in [2.24, 2.45) is 0 Å². The summed E-state index contributed by atoms with van der Waals surface area (Å²) in [5.74, 6) is 0.973. The fourth-order valence-corrected chi connectivity index (χ4v) is 4.12. The van der Waals surface area contributed by atoms with E-state index in [9.17, 15) is 4.79 Å². The molecule has 4 heteroatoms. The summed E-state index contributed by atoms with van der Waals surface area (Å²) in [4.78, 5) is 12.4. The van der Waals surface area contributed by atoms with E-state index in [2.05, 4.69) is 11.4 Å². The van der Waals surface area contributed by atoms with Crippen LogP contribution in [0.5, 0.6) is 5.75 Å². The Kier molecular flexibility index (Phi) is 3.57. The molecule has 1 aromatic carbocycles. The Morgan fingerprint density at radius 2 is 2.00 bits per heavy atom. The highest BCUT2D eigenvalue weighted by Crippen LogP contribution is 2.47. The predicted molar refractivity (Wildman–Crippen MR) is 82.7 cm³/mol. The fraction of sp³-hybridized carbons (Fsp3) is 0.611. The number of hydrogen-bond acceptors (Lipinski definition) is 3. The largest absolute Gasteiger partial charge is 0.487 e. The van der Waals surface area contributed by atoms with Gasteiger partial charge >= 0.3 is 0 Å². The Morgan fingerprint density at radius 3 is 2.77 bits per heavy atom. The first-order valence-electron chi connectivity index (χ1n) is 8.46. The molecular weight excluding hydrogens is 278 g/mol. The quantitative estimate of drug-likeness (QED) is 0.913. The van der Waals surface area contributed by atoms with Gasteiger partial charge in [-0.05, 0) is 44.6 Å². The van der Waals surface area contributed by atoms with E-state index < -0.39 is 0 Å². The van der Waals surface area contributed by atoms with Gasteiger partial charge in [-0.25, -0.2) is 0 Å². The average molecular weight is 301 g/mol. The molecule has 1 saturated carbocycles. The first-order chi connectivity index (χ1) is 10.8. The van der Waals surface area contributed by atoms with E-state index in [1.807, 2.05) is 18.2 Å². The number of fused-ring (bicyclic) bond motifs is 1. The molecule has 3 aliphatic rings. The number of carbonyl (C=O) groups is 1. The van der Waals surface area contributed by atoms with Crippen molar-refractivity contribution >= 4 is 5.91 Å². The van der Waals surface area contributed by atoms with E-state index in [1.165, 1.54) is 12.8 Å². The lowest BCUT2D eigenvalue weighted by atomic mass is 9.86. The summed E-state index contributed by atoms with van der Waals surface area (Å²) in [5, 5.41) is 3.22. The van der Waals surface area contributed by atoms with Crippen LogP contribution in [0.3, 0.4) is 0 Å². The standard InChI is InChI=1S/C18H23NO3/c20-17(16-8-5-11-21-16)19-14-12-18(9-3-4-10-18)22-15-7-2-1-6-13(14)15/h1-2,6-7,14,16H,3-5,8-12H2,(H,19,20)/t14-,16-/m1/s1. The molecule has 1 aliphatic carbocycles. The number of ether oxygens (including phenoxy) is 2. The van der Waals surface area contributed by atoms with Crippen molar-refractivity contribution < 1.29 is 14.3 Å². The maximum atomic E-state index is 12.4. The molecule has 2 aliphatic heterocycles. The number of benzene rings is 1. The Bertz CT molecular complexity index is 559. The molecule has 1 amide bonds. The maximum absolute atomic E-state index is 12.4. The Hall–Kier alpha value is -1.55. The minimum absolute atomic E-state index is 0.0346. The molecule has 0 aromatic heterocycles. The number of hydrogen-bond donors (Lipinski definition) is 1. The molecule has 1 aromatic rings. The van der Waals surface area contributed by atoms with Crippen LogP contribution in [0, 0.1) is 0 Å². The molecule has 2 heterocycles. The van der Waals surface area contributed by atoms with Gasteiger partial charge in [0.1, 0.15) is 17.5 Å². The van der Waals surface area contributed by atoms with E-state index >= 15 is 0 Å². The van der Waals surface area contributed by atoms with E-state index in [1.54, 1.807) is 0 Å². The van der Waals surface area contributed by atoms with E-state index in [4.69, 9.17) is 9.47 Å². The van der Waals surface area contributed by atoms with Gasteiger partial charge in [0.05, 0.1) is 6.04 Å². The molecule has 0 radical (unpaired) electrons. The second-order valence-electron chi connectivity index (χ2n) is 6.80. The smallest absolute Gasteiger partial charge is 0.249 e. The predicted octanol–water partition coefficient (Wildman–Crippen LogP) is 3.12. The van der Waals surface area contributed by atoms with Crippen LogP contribution in [0.1, 0.15) is 56.6 Å². The highest BCUT2D eigenvalue weighted by Gasteiger charge is 2.43. The van der Waals surface area contributed by atoms with Crippen molar-refractivity contribution in [2.75, 3.05) is 6.61 Å². The third-order valence-electron chi connectivity index (χ3n) is 5.25. The van der Waals surface area contributed by atoms with Crippen LogP contribution >= 0.6 is 0 Å². The van der Waals surface area contributed by atoms with E-state index in [0.29, 0.717) is 6.61 Å². The van der Waals surface area contributed by atoms with Crippen LogP contribution in [-0.4, -0.2) is 24.2 Å². The van der Waals surface area contributed by atoms with Gasteiger partial charge in [0.25, 0.3) is 0 Å². The summed E-state index contributed by atoms with van der Waals surface area (Å²) in [6, 6.07) is 8.16. The zero-order chi connectivity index (χ0) is 15.0. The number of nitrogens with one attached hydrogen (secondary N) is 1. The molecule has 118 valence electrons. The molecule has 1 N–H and O–H groups in total. The van der Waals surface area contributed by atoms with Gasteiger partial charge in [-0.2, -0.15) is 0 Å². The monoisotopic (exact) mass is 301 g/mol. The normalized spacial score (nSPS) is 29.1. The molecule has 2 atom stereocenters. The van der Waals surface area contributed by atoms with Gasteiger partial charge in [-0.3, -0.25) is 4.79 Å². The second kappa shape index (κ2) is 5.58. The van der Waals surface area contributed by atoms with Crippen molar-refractivity contribution in [3.8, 4) is 5.75 Å². The van der Waals surface area contributed by atoms with Crippen molar-refractivity contribution in [3.05, 3.63) is 29.8 Å². The molecule has 0 unspecified atom stereocenters. The van der Waals surface area contributed by atoms with Crippen LogP contribution in [0.15, 0.2) is 24.3 Å². The third kappa shape index (κ3) is 2.50. The number of rotatable bonds is 2. The fourth-order valence-electron chi connectivity index (χ4n) is 4.12. The molecule has 2 fully saturated rings. The van der Waals surface area contributed by atoms with Gasteiger partial charge in [-0.15, -0.1) is 0 Å². The number of carbonyl (C=O) groups excluding carboxylic acids is 1. The molecule has 1 spiro atoms. The summed E-state index contributed by atoms with van der Waals surface area (Å²) >= 11 is 0. The molecule has 4 nitrogen and oxygen atoms in total. The SMILES string of the molecule is O=C(N[C@@H]1CC2(CCCC2)Oc2ccccc21)[C@H]1CCCO1. The van der Waals surface area contributed by atoms with E-state index in [0.717, 1.165) is 43.4 Å². The minimum atomic E-state index is -0.269. The summed E-state index contributed by atoms with van der Waals surface area (Å²) < 4.78 is 11.9. The molecular formula is C18H23NO3. The zero-order valence-corrected chi connectivity index (χ0v) is 12.8. The highest BCUT2D eigenvalue weighted by molar-refractivity contribution is 5.81. The van der Waals surface area contributed by atoms with Gasteiger partial charge in [-0.1, -0.05) is 18.2 Å². The summed E-state index contributed by atoms with van der Waals surface area (Å²) in [6.45, 7) is 0.701. The minimum Gasteiger partial charge on any atom is -0.487 e.